The van der Waals surface area contributed by atoms with Crippen molar-refractivity contribution in [3.63, 3.8) is 0 Å². The molecule has 0 saturated carbocycles. The van der Waals surface area contributed by atoms with Crippen molar-refractivity contribution in [2.45, 2.75) is 0 Å². The number of hydrogen-bond donors (Lipinski definition) is 0. The van der Waals surface area contributed by atoms with Crippen LogP contribution in [0.25, 0.3) is 0 Å². The maximum atomic E-state index is 13.4. The van der Waals surface area contributed by atoms with Gasteiger partial charge in [-0.3, -0.25) is 0 Å². The lowest BCUT2D eigenvalue weighted by atomic mass is 10.1. The molecule has 0 aliphatic carbocycles. The smallest absolute Gasteiger partial charge is 0.340 e. The molecule has 0 radical (unpaired) electrons. The number of carbonyl (C=O) groups excluding carboxylic acids is 2. The van der Waals surface area contributed by atoms with Crippen molar-refractivity contribution >= 4 is 27.9 Å². The second-order valence-electron chi connectivity index (χ2n) is 2.80. The Morgan fingerprint density at radius 1 is 1.12 bits per heavy atom. The number of carbonyl (C=O) groups is 2. The van der Waals surface area contributed by atoms with Crippen LogP contribution in [0.3, 0.4) is 0 Å². The molecule has 0 spiro atoms. The average molecular weight is 291 g/mol. The summed E-state index contributed by atoms with van der Waals surface area (Å²) in [5.41, 5.74) is -0.241. The molecule has 0 bridgehead atoms. The van der Waals surface area contributed by atoms with Crippen LogP contribution in [-0.4, -0.2) is 26.2 Å². The second kappa shape index (κ2) is 5.07. The number of methoxy groups -OCH3 is 2. The molecule has 0 atom stereocenters. The maximum Gasteiger partial charge on any atom is 0.340 e. The third kappa shape index (κ3) is 2.38. The van der Waals surface area contributed by atoms with Crippen LogP contribution in [-0.2, 0) is 9.47 Å². The van der Waals surface area contributed by atoms with Crippen molar-refractivity contribution in [2.75, 3.05) is 14.2 Å². The fourth-order valence-corrected chi connectivity index (χ4v) is 1.58. The molecule has 0 aromatic heterocycles. The molecule has 0 N–H and O–H groups in total. The maximum absolute atomic E-state index is 13.4. The summed E-state index contributed by atoms with van der Waals surface area (Å²) in [6.07, 6.45) is 0. The van der Waals surface area contributed by atoms with Crippen LogP contribution >= 0.6 is 15.9 Å². The molecule has 1 aromatic rings. The Morgan fingerprint density at radius 3 is 2.12 bits per heavy atom. The minimum absolute atomic E-state index is 0.00709. The molecule has 1 aromatic carbocycles. The first-order chi connectivity index (χ1) is 7.51. The highest BCUT2D eigenvalue weighted by Gasteiger charge is 2.19. The lowest BCUT2D eigenvalue weighted by molar-refractivity contribution is 0.0581. The average Bonchev–Trinajstić information content (AvgIpc) is 2.29. The summed E-state index contributed by atoms with van der Waals surface area (Å²) >= 11 is 3.04. The highest BCUT2D eigenvalue weighted by molar-refractivity contribution is 9.10. The van der Waals surface area contributed by atoms with Crippen LogP contribution in [0.4, 0.5) is 4.39 Å². The molecule has 0 aliphatic rings. The summed E-state index contributed by atoms with van der Waals surface area (Å²) < 4.78 is 22.5. The third-order valence-electron chi connectivity index (χ3n) is 1.87. The van der Waals surface area contributed by atoms with E-state index in [4.69, 9.17) is 0 Å². The van der Waals surface area contributed by atoms with Crippen LogP contribution in [0.15, 0.2) is 16.6 Å². The molecule has 1 rings (SSSR count). The SMILES string of the molecule is COC(=O)c1cc(Br)c(C(=O)OC)cc1F. The van der Waals surface area contributed by atoms with Crippen LogP contribution in [0.1, 0.15) is 20.7 Å². The van der Waals surface area contributed by atoms with E-state index in [-0.39, 0.29) is 15.6 Å². The Labute approximate surface area is 99.5 Å². The predicted octanol–water partition coefficient (Wildman–Crippen LogP) is 2.16. The first kappa shape index (κ1) is 12.6. The van der Waals surface area contributed by atoms with Gasteiger partial charge in [0.15, 0.2) is 0 Å². The van der Waals surface area contributed by atoms with Gasteiger partial charge < -0.3 is 9.47 Å². The zero-order valence-electron chi connectivity index (χ0n) is 8.54. The van der Waals surface area contributed by atoms with Gasteiger partial charge in [0.25, 0.3) is 0 Å². The van der Waals surface area contributed by atoms with E-state index in [9.17, 15) is 14.0 Å². The van der Waals surface area contributed by atoms with E-state index in [1.165, 1.54) is 13.2 Å². The number of esters is 2. The Balaban J connectivity index is 3.27. The molecule has 86 valence electrons. The fraction of sp³-hybridized carbons (Fsp3) is 0.200. The second-order valence-corrected chi connectivity index (χ2v) is 3.65. The van der Waals surface area contributed by atoms with Gasteiger partial charge in [-0.05, 0) is 28.1 Å². The quantitative estimate of drug-likeness (QED) is 0.784. The van der Waals surface area contributed by atoms with Gasteiger partial charge in [0.1, 0.15) is 5.82 Å². The van der Waals surface area contributed by atoms with Gasteiger partial charge in [0, 0.05) is 4.47 Å². The fourth-order valence-electron chi connectivity index (χ4n) is 1.08. The van der Waals surface area contributed by atoms with Crippen molar-refractivity contribution in [2.24, 2.45) is 0 Å². The molecule has 4 nitrogen and oxygen atoms in total. The molecule has 6 heteroatoms. The lowest BCUT2D eigenvalue weighted by Crippen LogP contribution is -2.09. The molecule has 0 amide bonds. The van der Waals surface area contributed by atoms with E-state index in [1.54, 1.807) is 0 Å². The van der Waals surface area contributed by atoms with Gasteiger partial charge in [-0.15, -0.1) is 0 Å². The Kier molecular flexibility index (Phi) is 4.00. The van der Waals surface area contributed by atoms with E-state index in [1.807, 2.05) is 0 Å². The molecule has 0 unspecified atom stereocenters. The zero-order chi connectivity index (χ0) is 12.3. The van der Waals surface area contributed by atoms with Crippen molar-refractivity contribution < 1.29 is 23.5 Å². The number of ether oxygens (including phenoxy) is 2. The molecule has 0 saturated heterocycles. The van der Waals surface area contributed by atoms with E-state index < -0.39 is 17.8 Å². The van der Waals surface area contributed by atoms with Gasteiger partial charge >= 0.3 is 11.9 Å². The summed E-state index contributed by atoms with van der Waals surface area (Å²) in [6.45, 7) is 0. The Bertz CT molecular complexity index is 403. The topological polar surface area (TPSA) is 52.6 Å². The minimum atomic E-state index is -0.838. The van der Waals surface area contributed by atoms with Crippen molar-refractivity contribution in [1.29, 1.82) is 0 Å². The first-order valence-corrected chi connectivity index (χ1v) is 4.96. The standard InChI is InChI=1S/C10H8BrFO4/c1-15-9(13)5-4-8(12)6(3-7(5)11)10(14)16-2/h3-4H,1-2H3. The number of hydrogen-bond acceptors (Lipinski definition) is 4. The van der Waals surface area contributed by atoms with E-state index in [0.29, 0.717) is 0 Å². The molecular weight excluding hydrogens is 283 g/mol. The van der Waals surface area contributed by atoms with E-state index in [2.05, 4.69) is 25.4 Å². The van der Waals surface area contributed by atoms with Gasteiger partial charge in [-0.2, -0.15) is 0 Å². The summed E-state index contributed by atoms with van der Waals surface area (Å²) in [5, 5.41) is 0. The largest absolute Gasteiger partial charge is 0.465 e. The summed E-state index contributed by atoms with van der Waals surface area (Å²) in [5.74, 6) is -2.34. The first-order valence-electron chi connectivity index (χ1n) is 4.17. The van der Waals surface area contributed by atoms with Crippen molar-refractivity contribution in [3.8, 4) is 0 Å². The minimum Gasteiger partial charge on any atom is -0.465 e. The van der Waals surface area contributed by atoms with Gasteiger partial charge in [-0.25, -0.2) is 14.0 Å². The number of halogens is 2. The van der Waals surface area contributed by atoms with Gasteiger partial charge in [0.05, 0.1) is 25.3 Å². The van der Waals surface area contributed by atoms with Crippen LogP contribution in [0, 0.1) is 5.82 Å². The van der Waals surface area contributed by atoms with Crippen LogP contribution < -0.4 is 0 Å². The van der Waals surface area contributed by atoms with Crippen LogP contribution in [0.5, 0.6) is 0 Å². The van der Waals surface area contributed by atoms with Crippen molar-refractivity contribution in [3.05, 3.63) is 33.5 Å². The molecule has 16 heavy (non-hydrogen) atoms. The number of rotatable bonds is 2. The lowest BCUT2D eigenvalue weighted by Gasteiger charge is -2.06. The monoisotopic (exact) mass is 290 g/mol. The summed E-state index contributed by atoms with van der Waals surface area (Å²) in [7, 11) is 2.32. The molecule has 0 fully saturated rings. The zero-order valence-corrected chi connectivity index (χ0v) is 10.1. The molecular formula is C10H8BrFO4. The van der Waals surface area contributed by atoms with Crippen molar-refractivity contribution in [1.82, 2.24) is 0 Å². The third-order valence-corrected chi connectivity index (χ3v) is 2.52. The Morgan fingerprint density at radius 2 is 1.62 bits per heavy atom. The van der Waals surface area contributed by atoms with Gasteiger partial charge in [0.2, 0.25) is 0 Å². The van der Waals surface area contributed by atoms with Gasteiger partial charge in [-0.1, -0.05) is 0 Å². The van der Waals surface area contributed by atoms with E-state index >= 15 is 0 Å². The number of benzene rings is 1. The van der Waals surface area contributed by atoms with Crippen LogP contribution in [0.2, 0.25) is 0 Å². The summed E-state index contributed by atoms with van der Waals surface area (Å²) in [6, 6.07) is 2.09. The highest BCUT2D eigenvalue weighted by Crippen LogP contribution is 2.22. The molecule has 0 aliphatic heterocycles. The summed E-state index contributed by atoms with van der Waals surface area (Å²) in [4.78, 5) is 22.3. The highest BCUT2D eigenvalue weighted by atomic mass is 79.9. The Hall–Kier alpha value is -1.43. The predicted molar refractivity (Wildman–Crippen MR) is 56.8 cm³/mol. The molecule has 0 heterocycles. The normalized spacial score (nSPS) is 9.75. The van der Waals surface area contributed by atoms with E-state index in [0.717, 1.165) is 13.2 Å².